The number of methoxy groups -OCH3 is 1. The molecule has 4 rings (SSSR count). The Labute approximate surface area is 203 Å². The number of amides is 1. The number of anilines is 1. The van der Waals surface area contributed by atoms with Crippen LogP contribution in [0.2, 0.25) is 5.02 Å². The van der Waals surface area contributed by atoms with Crippen LogP contribution in [0.15, 0.2) is 58.7 Å². The van der Waals surface area contributed by atoms with E-state index >= 15 is 0 Å². The van der Waals surface area contributed by atoms with Gasteiger partial charge in [-0.1, -0.05) is 23.7 Å². The van der Waals surface area contributed by atoms with Crippen LogP contribution in [0.5, 0.6) is 5.75 Å². The summed E-state index contributed by atoms with van der Waals surface area (Å²) in [6, 6.07) is 13.6. The maximum atomic E-state index is 13.4. The van der Waals surface area contributed by atoms with Crippen molar-refractivity contribution in [1.82, 2.24) is 9.78 Å². The number of rotatable bonds is 7. The number of carbonyl (C=O) groups is 2. The Morgan fingerprint density at radius 2 is 1.82 bits per heavy atom. The molecule has 174 valence electrons. The Hall–Kier alpha value is -3.69. The van der Waals surface area contributed by atoms with Crippen LogP contribution in [0, 0.1) is 0 Å². The van der Waals surface area contributed by atoms with Crippen LogP contribution in [-0.4, -0.2) is 35.4 Å². The molecule has 0 spiro atoms. The molecule has 34 heavy (non-hydrogen) atoms. The van der Waals surface area contributed by atoms with Crippen molar-refractivity contribution >= 4 is 50.6 Å². The van der Waals surface area contributed by atoms with Gasteiger partial charge in [0, 0.05) is 15.8 Å². The van der Waals surface area contributed by atoms with Crippen molar-refractivity contribution in [3.63, 3.8) is 0 Å². The van der Waals surface area contributed by atoms with Crippen molar-refractivity contribution in [2.24, 2.45) is 0 Å². The summed E-state index contributed by atoms with van der Waals surface area (Å²) in [4.78, 5) is 38.8. The molecule has 2 heterocycles. The van der Waals surface area contributed by atoms with Crippen LogP contribution in [0.25, 0.3) is 16.5 Å². The molecule has 0 saturated carbocycles. The third-order valence-electron chi connectivity index (χ3n) is 4.97. The summed E-state index contributed by atoms with van der Waals surface area (Å²) in [7, 11) is 1.57. The first-order valence-corrected chi connectivity index (χ1v) is 11.6. The van der Waals surface area contributed by atoms with E-state index < -0.39 is 11.5 Å². The van der Waals surface area contributed by atoms with E-state index in [9.17, 15) is 14.4 Å². The summed E-state index contributed by atoms with van der Waals surface area (Å²) in [5, 5.41) is 10.0. The lowest BCUT2D eigenvalue weighted by molar-refractivity contribution is -0.115. The van der Waals surface area contributed by atoms with E-state index in [0.717, 1.165) is 21.6 Å². The van der Waals surface area contributed by atoms with Crippen molar-refractivity contribution in [2.45, 2.75) is 13.3 Å². The van der Waals surface area contributed by atoms with E-state index in [2.05, 4.69) is 10.4 Å². The predicted octanol–water partition coefficient (Wildman–Crippen LogP) is 4.47. The molecule has 0 fully saturated rings. The van der Waals surface area contributed by atoms with Gasteiger partial charge in [-0.05, 0) is 48.9 Å². The van der Waals surface area contributed by atoms with E-state index in [1.807, 2.05) is 0 Å². The summed E-state index contributed by atoms with van der Waals surface area (Å²) < 4.78 is 11.4. The van der Waals surface area contributed by atoms with Crippen molar-refractivity contribution in [3.8, 4) is 11.4 Å². The standard InChI is InChI=1S/C24H20ClN3O5S/c1-3-33-24(31)21-18-13-34-22(26-19(29)12-14-4-10-17(32-2)11-5-14)20(18)23(30)28(27-21)16-8-6-15(25)7-9-16/h4-11,13H,3,12H2,1-2H3,(H,26,29). The molecule has 0 bridgehead atoms. The topological polar surface area (TPSA) is 99.5 Å². The molecular formula is C24H20ClN3O5S. The summed E-state index contributed by atoms with van der Waals surface area (Å²) in [5.41, 5.74) is 0.708. The second kappa shape index (κ2) is 10.1. The molecule has 10 heteroatoms. The molecule has 0 radical (unpaired) electrons. The largest absolute Gasteiger partial charge is 0.497 e. The zero-order valence-electron chi connectivity index (χ0n) is 18.3. The number of benzene rings is 2. The number of esters is 1. The van der Waals surface area contributed by atoms with E-state index in [0.29, 0.717) is 26.8 Å². The summed E-state index contributed by atoms with van der Waals surface area (Å²) in [5.74, 6) is -0.278. The van der Waals surface area contributed by atoms with E-state index in [1.165, 1.54) is 0 Å². The van der Waals surface area contributed by atoms with Gasteiger partial charge in [-0.2, -0.15) is 9.78 Å². The normalized spacial score (nSPS) is 10.8. The molecule has 0 atom stereocenters. The molecule has 4 aromatic rings. The molecular weight excluding hydrogens is 478 g/mol. The molecule has 8 nitrogen and oxygen atoms in total. The van der Waals surface area contributed by atoms with Gasteiger partial charge in [0.2, 0.25) is 5.91 Å². The van der Waals surface area contributed by atoms with E-state index in [-0.39, 0.29) is 30.0 Å². The average Bonchev–Trinajstić information content (AvgIpc) is 3.24. The zero-order chi connectivity index (χ0) is 24.2. The smallest absolute Gasteiger partial charge is 0.359 e. The highest BCUT2D eigenvalue weighted by Gasteiger charge is 2.23. The van der Waals surface area contributed by atoms with Crippen LogP contribution in [0.4, 0.5) is 5.00 Å². The first-order chi connectivity index (χ1) is 16.4. The molecule has 2 aromatic carbocycles. The van der Waals surface area contributed by atoms with Gasteiger partial charge in [0.1, 0.15) is 10.8 Å². The maximum Gasteiger partial charge on any atom is 0.359 e. The van der Waals surface area contributed by atoms with E-state index in [1.54, 1.807) is 67.9 Å². The molecule has 0 saturated heterocycles. The van der Waals surface area contributed by atoms with Crippen LogP contribution < -0.4 is 15.6 Å². The first-order valence-electron chi connectivity index (χ1n) is 10.3. The fourth-order valence-electron chi connectivity index (χ4n) is 3.35. The van der Waals surface area contributed by atoms with Gasteiger partial charge in [-0.3, -0.25) is 9.59 Å². The molecule has 2 aromatic heterocycles. The van der Waals surface area contributed by atoms with Crippen molar-refractivity contribution in [2.75, 3.05) is 19.0 Å². The fourth-order valence-corrected chi connectivity index (χ4v) is 4.43. The third kappa shape index (κ3) is 4.80. The lowest BCUT2D eigenvalue weighted by Gasteiger charge is -2.10. The number of fused-ring (bicyclic) bond motifs is 1. The lowest BCUT2D eigenvalue weighted by atomic mass is 10.1. The Morgan fingerprint density at radius 3 is 2.47 bits per heavy atom. The minimum Gasteiger partial charge on any atom is -0.497 e. The number of aromatic nitrogens is 2. The Kier molecular flexibility index (Phi) is 6.95. The second-order valence-corrected chi connectivity index (χ2v) is 8.51. The number of hydrogen-bond acceptors (Lipinski definition) is 7. The third-order valence-corrected chi connectivity index (χ3v) is 6.12. The predicted molar refractivity (Wildman–Crippen MR) is 132 cm³/mol. The monoisotopic (exact) mass is 497 g/mol. The SMILES string of the molecule is CCOC(=O)c1nn(-c2ccc(Cl)cc2)c(=O)c2c(NC(=O)Cc3ccc(OC)cc3)scc12. The molecule has 1 amide bonds. The van der Waals surface area contributed by atoms with Gasteiger partial charge in [-0.15, -0.1) is 11.3 Å². The van der Waals surface area contributed by atoms with Crippen molar-refractivity contribution < 1.29 is 19.1 Å². The number of hydrogen-bond donors (Lipinski definition) is 1. The summed E-state index contributed by atoms with van der Waals surface area (Å²) in [6.07, 6.45) is 0.102. The molecule has 0 aliphatic carbocycles. The second-order valence-electron chi connectivity index (χ2n) is 7.19. The zero-order valence-corrected chi connectivity index (χ0v) is 19.9. The minimum absolute atomic E-state index is 0.0155. The van der Waals surface area contributed by atoms with Crippen LogP contribution in [0.3, 0.4) is 0 Å². The van der Waals surface area contributed by atoms with Gasteiger partial charge in [0.25, 0.3) is 5.56 Å². The van der Waals surface area contributed by atoms with Gasteiger partial charge >= 0.3 is 5.97 Å². The summed E-state index contributed by atoms with van der Waals surface area (Å²) in [6.45, 7) is 1.83. The molecule has 0 unspecified atom stereocenters. The number of ether oxygens (including phenoxy) is 2. The maximum absolute atomic E-state index is 13.4. The minimum atomic E-state index is -0.663. The summed E-state index contributed by atoms with van der Waals surface area (Å²) >= 11 is 7.11. The molecule has 0 aliphatic rings. The lowest BCUT2D eigenvalue weighted by Crippen LogP contribution is -2.25. The average molecular weight is 498 g/mol. The van der Waals surface area contributed by atoms with Gasteiger partial charge < -0.3 is 14.8 Å². The molecule has 0 aliphatic heterocycles. The van der Waals surface area contributed by atoms with Crippen LogP contribution >= 0.6 is 22.9 Å². The number of nitrogens with zero attached hydrogens (tertiary/aromatic N) is 2. The van der Waals surface area contributed by atoms with Crippen molar-refractivity contribution in [3.05, 3.63) is 80.5 Å². The highest BCUT2D eigenvalue weighted by atomic mass is 35.5. The number of thiophene rings is 1. The highest BCUT2D eigenvalue weighted by Crippen LogP contribution is 2.31. The number of halogens is 1. The number of nitrogens with one attached hydrogen (secondary N) is 1. The quantitative estimate of drug-likeness (QED) is 0.378. The fraction of sp³-hybridized carbons (Fsp3) is 0.167. The van der Waals surface area contributed by atoms with Gasteiger partial charge in [-0.25, -0.2) is 4.79 Å². The highest BCUT2D eigenvalue weighted by molar-refractivity contribution is 7.16. The first kappa shape index (κ1) is 23.5. The van der Waals surface area contributed by atoms with Crippen molar-refractivity contribution in [1.29, 1.82) is 0 Å². The number of carbonyl (C=O) groups excluding carboxylic acids is 2. The Bertz CT molecular complexity index is 1410. The Balaban J connectivity index is 1.75. The van der Waals surface area contributed by atoms with E-state index in [4.69, 9.17) is 21.1 Å². The Morgan fingerprint density at radius 1 is 1.12 bits per heavy atom. The van der Waals surface area contributed by atoms with Crippen LogP contribution in [-0.2, 0) is 16.0 Å². The van der Waals surface area contributed by atoms with Gasteiger partial charge in [0.05, 0.1) is 31.2 Å². The van der Waals surface area contributed by atoms with Crippen LogP contribution in [0.1, 0.15) is 23.0 Å². The van der Waals surface area contributed by atoms with Gasteiger partial charge in [0.15, 0.2) is 5.69 Å². The molecule has 1 N–H and O–H groups in total.